The Morgan fingerprint density at radius 1 is 1.15 bits per heavy atom. The van der Waals surface area contributed by atoms with Crippen LogP contribution in [0, 0.1) is 5.82 Å². The number of amides is 4. The number of morpholine rings is 1. The summed E-state index contributed by atoms with van der Waals surface area (Å²) in [5.74, 6) is -0.493. The van der Waals surface area contributed by atoms with Crippen molar-refractivity contribution in [1.82, 2.24) is 15.1 Å². The summed E-state index contributed by atoms with van der Waals surface area (Å²) in [6.07, 6.45) is 1.55. The molecule has 2 aromatic rings. The number of hydrogen-bond acceptors (Lipinski definition) is 5. The molecule has 0 radical (unpaired) electrons. The number of nitrogens with one attached hydrogen (secondary N) is 1. The van der Waals surface area contributed by atoms with Gasteiger partial charge in [-0.1, -0.05) is 18.2 Å². The van der Waals surface area contributed by atoms with Crippen molar-refractivity contribution < 1.29 is 28.2 Å². The molecule has 8 nitrogen and oxygen atoms in total. The second-order valence-corrected chi connectivity index (χ2v) is 8.33. The second-order valence-electron chi connectivity index (χ2n) is 7.48. The van der Waals surface area contributed by atoms with E-state index >= 15 is 0 Å². The van der Waals surface area contributed by atoms with Gasteiger partial charge >= 0.3 is 6.03 Å². The molecule has 10 heteroatoms. The Morgan fingerprint density at radius 2 is 1.88 bits per heavy atom. The second kappa shape index (κ2) is 10.1. The Hall–Kier alpha value is -3.24. The largest absolute Gasteiger partial charge is 0.483 e. The van der Waals surface area contributed by atoms with Gasteiger partial charge in [-0.2, -0.15) is 0 Å². The van der Waals surface area contributed by atoms with Crippen LogP contribution in [0.2, 0.25) is 0 Å². The SMILES string of the molecule is O=C(COc1ccc(/C=C2\NC(=O)N(Cc3ccc(F)cc3)C2=O)cc1Br)N1CCOCC1. The molecule has 0 unspecified atom stereocenters. The van der Waals surface area contributed by atoms with Crippen molar-refractivity contribution >= 4 is 39.9 Å². The third-order valence-corrected chi connectivity index (χ3v) is 5.82. The quantitative estimate of drug-likeness (QED) is 0.470. The zero-order valence-electron chi connectivity index (χ0n) is 17.6. The van der Waals surface area contributed by atoms with Crippen molar-refractivity contribution in [1.29, 1.82) is 0 Å². The van der Waals surface area contributed by atoms with E-state index in [0.717, 1.165) is 4.90 Å². The van der Waals surface area contributed by atoms with Gasteiger partial charge in [-0.15, -0.1) is 0 Å². The number of nitrogens with zero attached hydrogens (tertiary/aromatic N) is 2. The maximum Gasteiger partial charge on any atom is 0.329 e. The Labute approximate surface area is 198 Å². The number of imide groups is 1. The predicted molar refractivity (Wildman–Crippen MR) is 120 cm³/mol. The molecule has 33 heavy (non-hydrogen) atoms. The van der Waals surface area contributed by atoms with Gasteiger partial charge in [-0.3, -0.25) is 14.5 Å². The fraction of sp³-hybridized carbons (Fsp3) is 0.261. The lowest BCUT2D eigenvalue weighted by atomic mass is 10.1. The standard InChI is InChI=1S/C23H21BrFN3O5/c24-18-11-16(3-6-20(18)33-14-21(29)27-7-9-32-10-8-27)12-19-22(30)28(23(31)26-19)13-15-1-4-17(25)5-2-15/h1-6,11-12H,7-10,13-14H2,(H,26,31)/b19-12-. The monoisotopic (exact) mass is 517 g/mol. The van der Waals surface area contributed by atoms with Crippen LogP contribution in [0.1, 0.15) is 11.1 Å². The smallest absolute Gasteiger partial charge is 0.329 e. The lowest BCUT2D eigenvalue weighted by Gasteiger charge is -2.26. The van der Waals surface area contributed by atoms with Crippen molar-refractivity contribution in [3.8, 4) is 5.75 Å². The maximum atomic E-state index is 13.1. The van der Waals surface area contributed by atoms with Crippen molar-refractivity contribution in [3.63, 3.8) is 0 Å². The van der Waals surface area contributed by atoms with Gasteiger partial charge in [0.2, 0.25) is 0 Å². The highest BCUT2D eigenvalue weighted by Crippen LogP contribution is 2.27. The first kappa shape index (κ1) is 22.9. The topological polar surface area (TPSA) is 88.2 Å². The molecule has 2 aromatic carbocycles. The molecule has 0 aliphatic carbocycles. The predicted octanol–water partition coefficient (Wildman–Crippen LogP) is 2.92. The number of benzene rings is 2. The Kier molecular flexibility index (Phi) is 7.05. The number of hydrogen-bond donors (Lipinski definition) is 1. The van der Waals surface area contributed by atoms with E-state index in [4.69, 9.17) is 9.47 Å². The molecule has 2 aliphatic heterocycles. The van der Waals surface area contributed by atoms with Crippen LogP contribution < -0.4 is 10.1 Å². The zero-order valence-corrected chi connectivity index (χ0v) is 19.1. The van der Waals surface area contributed by atoms with E-state index in [2.05, 4.69) is 21.2 Å². The molecule has 4 rings (SSSR count). The summed E-state index contributed by atoms with van der Waals surface area (Å²) < 4.78 is 24.6. The number of carbonyl (C=O) groups is 3. The molecule has 0 spiro atoms. The van der Waals surface area contributed by atoms with Crippen LogP contribution in [0.5, 0.6) is 5.75 Å². The molecule has 0 atom stereocenters. The minimum atomic E-state index is -0.545. The summed E-state index contributed by atoms with van der Waals surface area (Å²) in [6.45, 7) is 2.09. The molecule has 2 aliphatic rings. The molecule has 172 valence electrons. The fourth-order valence-electron chi connectivity index (χ4n) is 3.42. The molecule has 2 heterocycles. The Morgan fingerprint density at radius 3 is 2.58 bits per heavy atom. The highest BCUT2D eigenvalue weighted by atomic mass is 79.9. The van der Waals surface area contributed by atoms with Crippen molar-refractivity contribution in [3.05, 3.63) is 69.6 Å². The van der Waals surface area contributed by atoms with Gasteiger partial charge in [0.15, 0.2) is 6.61 Å². The summed E-state index contributed by atoms with van der Waals surface area (Å²) in [7, 11) is 0. The number of ether oxygens (including phenoxy) is 2. The van der Waals surface area contributed by atoms with Crippen LogP contribution in [0.3, 0.4) is 0 Å². The first-order valence-corrected chi connectivity index (χ1v) is 11.1. The summed E-state index contributed by atoms with van der Waals surface area (Å²) >= 11 is 3.42. The van der Waals surface area contributed by atoms with Crippen LogP contribution >= 0.6 is 15.9 Å². The summed E-state index contributed by atoms with van der Waals surface area (Å²) in [5, 5.41) is 2.56. The molecule has 1 N–H and O–H groups in total. The number of halogens is 2. The summed E-state index contributed by atoms with van der Waals surface area (Å²) in [4.78, 5) is 39.9. The van der Waals surface area contributed by atoms with Crippen LogP contribution in [-0.4, -0.2) is 60.6 Å². The van der Waals surface area contributed by atoms with Gasteiger partial charge < -0.3 is 19.7 Å². The minimum Gasteiger partial charge on any atom is -0.483 e. The van der Waals surface area contributed by atoms with E-state index in [1.54, 1.807) is 29.2 Å². The van der Waals surface area contributed by atoms with Crippen LogP contribution in [0.4, 0.5) is 9.18 Å². The summed E-state index contributed by atoms with van der Waals surface area (Å²) in [5.41, 5.74) is 1.42. The average Bonchev–Trinajstić information content (AvgIpc) is 3.07. The van der Waals surface area contributed by atoms with Crippen molar-refractivity contribution in [2.75, 3.05) is 32.9 Å². The molecule has 0 aromatic heterocycles. The van der Waals surface area contributed by atoms with Crippen molar-refractivity contribution in [2.24, 2.45) is 0 Å². The van der Waals surface area contributed by atoms with E-state index < -0.39 is 11.9 Å². The molecule has 4 amide bonds. The number of urea groups is 1. The van der Waals surface area contributed by atoms with Crippen LogP contribution in [0.15, 0.2) is 52.6 Å². The lowest BCUT2D eigenvalue weighted by Crippen LogP contribution is -2.43. The Balaban J connectivity index is 1.39. The highest BCUT2D eigenvalue weighted by molar-refractivity contribution is 9.10. The van der Waals surface area contributed by atoms with Crippen LogP contribution in [-0.2, 0) is 20.9 Å². The molecular weight excluding hydrogens is 497 g/mol. The van der Waals surface area contributed by atoms with E-state index in [-0.39, 0.29) is 30.6 Å². The first-order valence-electron chi connectivity index (χ1n) is 10.3. The minimum absolute atomic E-state index is 0.0376. The number of rotatable bonds is 6. The van der Waals surface area contributed by atoms with Gasteiger partial charge in [-0.05, 0) is 57.4 Å². The summed E-state index contributed by atoms with van der Waals surface area (Å²) in [6, 6.07) is 10.2. The van der Waals surface area contributed by atoms with Gasteiger partial charge in [0, 0.05) is 13.1 Å². The van der Waals surface area contributed by atoms with E-state index in [9.17, 15) is 18.8 Å². The van der Waals surface area contributed by atoms with Gasteiger partial charge in [0.1, 0.15) is 17.3 Å². The first-order chi connectivity index (χ1) is 15.9. The molecule has 0 saturated carbocycles. The van der Waals surface area contributed by atoms with Gasteiger partial charge in [0.25, 0.3) is 11.8 Å². The lowest BCUT2D eigenvalue weighted by molar-refractivity contribution is -0.137. The van der Waals surface area contributed by atoms with E-state index in [1.165, 1.54) is 24.3 Å². The molecule has 0 bridgehead atoms. The van der Waals surface area contributed by atoms with E-state index in [1.807, 2.05) is 0 Å². The van der Waals surface area contributed by atoms with Gasteiger partial charge in [-0.25, -0.2) is 9.18 Å². The normalized spacial score (nSPS) is 17.5. The van der Waals surface area contributed by atoms with Crippen LogP contribution in [0.25, 0.3) is 6.08 Å². The van der Waals surface area contributed by atoms with Crippen molar-refractivity contribution in [2.45, 2.75) is 6.54 Å². The van der Waals surface area contributed by atoms with Gasteiger partial charge in [0.05, 0.1) is 24.2 Å². The number of carbonyl (C=O) groups excluding carboxylic acids is 3. The Bertz CT molecular complexity index is 1100. The zero-order chi connectivity index (χ0) is 23.4. The third-order valence-electron chi connectivity index (χ3n) is 5.20. The average molecular weight is 518 g/mol. The third kappa shape index (κ3) is 5.58. The molecule has 2 saturated heterocycles. The fourth-order valence-corrected chi connectivity index (χ4v) is 3.93. The maximum absolute atomic E-state index is 13.1. The molecular formula is C23H21BrFN3O5. The molecule has 2 fully saturated rings. The van der Waals surface area contributed by atoms with E-state index in [0.29, 0.717) is 47.7 Å². The highest BCUT2D eigenvalue weighted by Gasteiger charge is 2.33.